The van der Waals surface area contributed by atoms with Gasteiger partial charge in [-0.2, -0.15) is 4.98 Å². The zero-order valence-corrected chi connectivity index (χ0v) is 11.6. The van der Waals surface area contributed by atoms with Crippen molar-refractivity contribution < 1.29 is 9.15 Å². The van der Waals surface area contributed by atoms with Gasteiger partial charge in [-0.25, -0.2) is 0 Å². The van der Waals surface area contributed by atoms with E-state index in [9.17, 15) is 0 Å². The van der Waals surface area contributed by atoms with Crippen molar-refractivity contribution in [3.63, 3.8) is 0 Å². The third-order valence-electron chi connectivity index (χ3n) is 2.92. The number of rotatable bonds is 4. The van der Waals surface area contributed by atoms with Crippen LogP contribution in [0, 0.1) is 0 Å². The summed E-state index contributed by atoms with van der Waals surface area (Å²) >= 11 is 0. The molecule has 1 aromatic rings. The van der Waals surface area contributed by atoms with E-state index in [-0.39, 0.29) is 12.2 Å². The Labute approximate surface area is 109 Å². The third kappa shape index (κ3) is 3.46. The zero-order valence-electron chi connectivity index (χ0n) is 11.6. The molecule has 1 aliphatic rings. The Balaban J connectivity index is 1.96. The van der Waals surface area contributed by atoms with Gasteiger partial charge in [-0.1, -0.05) is 13.8 Å². The molecule has 0 unspecified atom stereocenters. The molecular formula is C13H23N3O2. The highest BCUT2D eigenvalue weighted by Crippen LogP contribution is 2.19. The van der Waals surface area contributed by atoms with E-state index in [4.69, 9.17) is 9.15 Å². The maximum absolute atomic E-state index is 5.70. The molecule has 0 bridgehead atoms. The Morgan fingerprint density at radius 1 is 1.39 bits per heavy atom. The van der Waals surface area contributed by atoms with Crippen LogP contribution in [-0.4, -0.2) is 36.3 Å². The molecule has 1 aromatic heterocycles. The predicted octanol–water partition coefficient (Wildman–Crippen LogP) is 1.79. The molecule has 0 radical (unpaired) electrons. The van der Waals surface area contributed by atoms with E-state index in [2.05, 4.69) is 42.9 Å². The monoisotopic (exact) mass is 253 g/mol. The first-order valence-electron chi connectivity index (χ1n) is 6.62. The first kappa shape index (κ1) is 13.4. The Kier molecular flexibility index (Phi) is 4.24. The Bertz CT molecular complexity index is 368. The number of ether oxygens (including phenoxy) is 1. The lowest BCUT2D eigenvalue weighted by Gasteiger charge is -2.34. The van der Waals surface area contributed by atoms with Crippen molar-refractivity contribution in [3.05, 3.63) is 12.0 Å². The largest absolute Gasteiger partial charge is 0.432 e. The maximum Gasteiger partial charge on any atom is 0.297 e. The number of anilines is 1. The number of hydrogen-bond donors (Lipinski definition) is 1. The average Bonchev–Trinajstić information content (AvgIpc) is 2.73. The molecule has 0 aromatic carbocycles. The fourth-order valence-corrected chi connectivity index (χ4v) is 2.17. The van der Waals surface area contributed by atoms with Crippen LogP contribution in [0.25, 0.3) is 0 Å². The van der Waals surface area contributed by atoms with Crippen LogP contribution >= 0.6 is 0 Å². The van der Waals surface area contributed by atoms with Gasteiger partial charge in [-0.05, 0) is 13.8 Å². The summed E-state index contributed by atoms with van der Waals surface area (Å²) in [7, 11) is 0. The van der Waals surface area contributed by atoms with Crippen LogP contribution in [-0.2, 0) is 11.3 Å². The number of morpholine rings is 1. The van der Waals surface area contributed by atoms with Gasteiger partial charge in [0.15, 0.2) is 0 Å². The van der Waals surface area contributed by atoms with Gasteiger partial charge in [-0.15, -0.1) is 0 Å². The molecule has 18 heavy (non-hydrogen) atoms. The van der Waals surface area contributed by atoms with Gasteiger partial charge in [0.05, 0.1) is 17.9 Å². The number of nitrogens with one attached hydrogen (secondary N) is 1. The first-order valence-corrected chi connectivity index (χ1v) is 6.62. The molecule has 0 saturated carbocycles. The minimum atomic E-state index is 0.220. The van der Waals surface area contributed by atoms with Gasteiger partial charge in [0.1, 0.15) is 6.26 Å². The van der Waals surface area contributed by atoms with Crippen molar-refractivity contribution in [3.8, 4) is 0 Å². The second kappa shape index (κ2) is 5.71. The fourth-order valence-electron chi connectivity index (χ4n) is 2.17. The molecule has 1 N–H and O–H groups in total. The summed E-state index contributed by atoms with van der Waals surface area (Å²) in [6.45, 7) is 10.8. The van der Waals surface area contributed by atoms with Crippen molar-refractivity contribution in [2.45, 2.75) is 52.5 Å². The molecule has 0 amide bonds. The quantitative estimate of drug-likeness (QED) is 0.886. The van der Waals surface area contributed by atoms with E-state index in [0.717, 1.165) is 25.3 Å². The lowest BCUT2D eigenvalue weighted by atomic mass is 10.2. The van der Waals surface area contributed by atoms with Crippen molar-refractivity contribution in [1.29, 1.82) is 0 Å². The Hall–Kier alpha value is -1.07. The maximum atomic E-state index is 5.70. The second-order valence-electron chi connectivity index (χ2n) is 5.32. The van der Waals surface area contributed by atoms with Crippen molar-refractivity contribution in [2.75, 3.05) is 18.0 Å². The van der Waals surface area contributed by atoms with E-state index in [0.29, 0.717) is 12.1 Å². The zero-order chi connectivity index (χ0) is 13.1. The summed E-state index contributed by atoms with van der Waals surface area (Å²) in [6.07, 6.45) is 2.17. The van der Waals surface area contributed by atoms with Gasteiger partial charge in [0.2, 0.25) is 0 Å². The van der Waals surface area contributed by atoms with Gasteiger partial charge >= 0.3 is 0 Å². The van der Waals surface area contributed by atoms with Crippen LogP contribution in [0.4, 0.5) is 6.01 Å². The normalized spacial score (nSPS) is 24.8. The van der Waals surface area contributed by atoms with E-state index in [1.807, 2.05) is 0 Å². The molecule has 5 heteroatoms. The summed E-state index contributed by atoms with van der Waals surface area (Å²) in [5, 5.41) is 3.33. The molecule has 2 atom stereocenters. The Morgan fingerprint density at radius 2 is 2.06 bits per heavy atom. The average molecular weight is 253 g/mol. The molecule has 1 saturated heterocycles. The van der Waals surface area contributed by atoms with Gasteiger partial charge in [0.25, 0.3) is 6.01 Å². The molecule has 1 aliphatic heterocycles. The van der Waals surface area contributed by atoms with Crippen LogP contribution in [0.2, 0.25) is 0 Å². The van der Waals surface area contributed by atoms with Crippen LogP contribution in [0.15, 0.2) is 10.7 Å². The number of oxazole rings is 1. The molecule has 0 spiro atoms. The van der Waals surface area contributed by atoms with E-state index >= 15 is 0 Å². The first-order chi connectivity index (χ1) is 8.54. The highest BCUT2D eigenvalue weighted by molar-refractivity contribution is 5.28. The van der Waals surface area contributed by atoms with Crippen molar-refractivity contribution >= 4 is 6.01 Å². The third-order valence-corrected chi connectivity index (χ3v) is 2.92. The van der Waals surface area contributed by atoms with Crippen LogP contribution in [0.5, 0.6) is 0 Å². The standard InChI is InChI=1S/C13H23N3O2/c1-9(2)14-5-12-8-17-13(15-12)16-6-10(3)18-11(4)7-16/h8-11,14H,5-7H2,1-4H3/t10-,11+. The molecular weight excluding hydrogens is 230 g/mol. The summed E-state index contributed by atoms with van der Waals surface area (Å²) < 4.78 is 11.3. The lowest BCUT2D eigenvalue weighted by molar-refractivity contribution is -0.00670. The molecule has 0 aliphatic carbocycles. The van der Waals surface area contributed by atoms with E-state index in [1.165, 1.54) is 0 Å². The second-order valence-corrected chi connectivity index (χ2v) is 5.32. The van der Waals surface area contributed by atoms with Crippen molar-refractivity contribution in [1.82, 2.24) is 10.3 Å². The van der Waals surface area contributed by atoms with Gasteiger partial charge in [-0.3, -0.25) is 0 Å². The molecule has 5 nitrogen and oxygen atoms in total. The van der Waals surface area contributed by atoms with Crippen molar-refractivity contribution in [2.24, 2.45) is 0 Å². The minimum Gasteiger partial charge on any atom is -0.432 e. The number of hydrogen-bond acceptors (Lipinski definition) is 5. The highest BCUT2D eigenvalue weighted by Gasteiger charge is 2.25. The molecule has 1 fully saturated rings. The number of aromatic nitrogens is 1. The van der Waals surface area contributed by atoms with Crippen LogP contribution < -0.4 is 10.2 Å². The SMILES string of the molecule is CC(C)NCc1coc(N2C[C@@H](C)O[C@@H](C)C2)n1. The highest BCUT2D eigenvalue weighted by atomic mass is 16.5. The summed E-state index contributed by atoms with van der Waals surface area (Å²) in [5.41, 5.74) is 0.950. The molecule has 2 heterocycles. The summed E-state index contributed by atoms with van der Waals surface area (Å²) in [5.74, 6) is 0. The topological polar surface area (TPSA) is 50.5 Å². The Morgan fingerprint density at radius 3 is 2.67 bits per heavy atom. The smallest absolute Gasteiger partial charge is 0.297 e. The number of nitrogens with zero attached hydrogens (tertiary/aromatic N) is 2. The van der Waals surface area contributed by atoms with Crippen LogP contribution in [0.1, 0.15) is 33.4 Å². The van der Waals surface area contributed by atoms with Gasteiger partial charge in [0, 0.05) is 25.7 Å². The van der Waals surface area contributed by atoms with Gasteiger partial charge < -0.3 is 19.4 Å². The predicted molar refractivity (Wildman–Crippen MR) is 70.7 cm³/mol. The van der Waals surface area contributed by atoms with E-state index in [1.54, 1.807) is 6.26 Å². The van der Waals surface area contributed by atoms with Crippen LogP contribution in [0.3, 0.4) is 0 Å². The lowest BCUT2D eigenvalue weighted by Crippen LogP contribution is -2.45. The minimum absolute atomic E-state index is 0.220. The molecule has 2 rings (SSSR count). The van der Waals surface area contributed by atoms with E-state index < -0.39 is 0 Å². The summed E-state index contributed by atoms with van der Waals surface area (Å²) in [4.78, 5) is 6.67. The fraction of sp³-hybridized carbons (Fsp3) is 0.769. The molecule has 102 valence electrons. The summed E-state index contributed by atoms with van der Waals surface area (Å²) in [6, 6.07) is 1.16.